The monoisotopic (exact) mass is 582 g/mol. The first-order chi connectivity index (χ1) is 18.9. The van der Waals surface area contributed by atoms with Crippen LogP contribution in [0.25, 0.3) is 0 Å². The van der Waals surface area contributed by atoms with Crippen LogP contribution in [0, 0.1) is 11.3 Å². The fourth-order valence-electron chi connectivity index (χ4n) is 4.42. The van der Waals surface area contributed by atoms with Gasteiger partial charge in [0.15, 0.2) is 11.0 Å². The maximum Gasteiger partial charge on any atom is 0.573 e. The van der Waals surface area contributed by atoms with Crippen LogP contribution >= 0.6 is 0 Å². The van der Waals surface area contributed by atoms with Gasteiger partial charge < -0.3 is 10.1 Å². The second kappa shape index (κ2) is 11.0. The first-order valence-corrected chi connectivity index (χ1v) is 13.4. The molecule has 6 nitrogen and oxygen atoms in total. The van der Waals surface area contributed by atoms with Crippen molar-refractivity contribution in [1.29, 1.82) is 5.26 Å². The third-order valence-electron chi connectivity index (χ3n) is 6.54. The highest BCUT2D eigenvalue weighted by molar-refractivity contribution is 7.86. The lowest BCUT2D eigenvalue weighted by molar-refractivity contribution is -0.274. The molecular weight excluding hydrogens is 558 g/mol. The maximum absolute atomic E-state index is 13.7. The van der Waals surface area contributed by atoms with Gasteiger partial charge in [0.05, 0.1) is 34.3 Å². The van der Waals surface area contributed by atoms with Crippen LogP contribution < -0.4 is 14.4 Å². The summed E-state index contributed by atoms with van der Waals surface area (Å²) < 4.78 is 96.6. The molecule has 0 radical (unpaired) electrons. The van der Waals surface area contributed by atoms with E-state index in [2.05, 4.69) is 21.1 Å². The Morgan fingerprint density at radius 3 is 2.25 bits per heavy atom. The van der Waals surface area contributed by atoms with Crippen molar-refractivity contribution >= 4 is 28.2 Å². The number of hydrogen-bond donors (Lipinski definition) is 1. The van der Waals surface area contributed by atoms with Gasteiger partial charge in [0.1, 0.15) is 17.3 Å². The Morgan fingerprint density at radius 2 is 1.70 bits per heavy atom. The summed E-state index contributed by atoms with van der Waals surface area (Å²) in [6.45, 7) is 3.87. The molecule has 40 heavy (non-hydrogen) atoms. The molecule has 212 valence electrons. The van der Waals surface area contributed by atoms with Crippen molar-refractivity contribution in [2.45, 2.75) is 62.5 Å². The summed E-state index contributed by atoms with van der Waals surface area (Å²) in [4.78, 5) is 3.87. The van der Waals surface area contributed by atoms with Gasteiger partial charge in [-0.15, -0.1) is 13.2 Å². The van der Waals surface area contributed by atoms with Crippen LogP contribution in [-0.2, 0) is 29.1 Å². The van der Waals surface area contributed by atoms with Crippen LogP contribution in [0.4, 0.5) is 43.5 Å². The SMILES string of the molecule is CC.N#CC1(c2ccc3c(c2)N(S(=O)c2ccc(OC(F)(F)F)cc2)Cc2ccc(C(F)(F)F)nc2N3)CCC1. The lowest BCUT2D eigenvalue weighted by atomic mass is 9.65. The van der Waals surface area contributed by atoms with Gasteiger partial charge >= 0.3 is 12.5 Å². The van der Waals surface area contributed by atoms with Crippen LogP contribution in [0.5, 0.6) is 5.75 Å². The zero-order valence-corrected chi connectivity index (χ0v) is 22.2. The highest BCUT2D eigenvalue weighted by Crippen LogP contribution is 2.47. The molecular formula is C27H24F6N4O2S. The number of nitrogens with zero attached hydrogens (tertiary/aromatic N) is 3. The summed E-state index contributed by atoms with van der Waals surface area (Å²) >= 11 is 0. The summed E-state index contributed by atoms with van der Waals surface area (Å²) in [5.74, 6) is -0.561. The summed E-state index contributed by atoms with van der Waals surface area (Å²) in [6, 6.07) is 13.9. The number of aromatic nitrogens is 1. The number of anilines is 3. The largest absolute Gasteiger partial charge is 0.573 e. The van der Waals surface area contributed by atoms with Crippen LogP contribution in [0.1, 0.15) is 49.9 Å². The van der Waals surface area contributed by atoms with Crippen molar-refractivity contribution in [3.8, 4) is 11.8 Å². The third kappa shape index (κ3) is 5.86. The maximum atomic E-state index is 13.7. The lowest BCUT2D eigenvalue weighted by Gasteiger charge is -2.36. The predicted molar refractivity (Wildman–Crippen MR) is 137 cm³/mol. The number of benzene rings is 2. The van der Waals surface area contributed by atoms with E-state index in [9.17, 15) is 35.8 Å². The van der Waals surface area contributed by atoms with E-state index >= 15 is 0 Å². The normalized spacial score (nSPS) is 16.4. The van der Waals surface area contributed by atoms with Crippen LogP contribution in [-0.4, -0.2) is 15.6 Å². The molecule has 0 saturated heterocycles. The number of hydrogen-bond acceptors (Lipinski definition) is 5. The molecule has 1 fully saturated rings. The molecule has 1 aliphatic heterocycles. The molecule has 0 bridgehead atoms. The number of nitrogens with one attached hydrogen (secondary N) is 1. The highest BCUT2D eigenvalue weighted by Gasteiger charge is 2.40. The van der Waals surface area contributed by atoms with Gasteiger partial charge in [-0.05, 0) is 67.3 Å². The Hall–Kier alpha value is -3.79. The first-order valence-electron chi connectivity index (χ1n) is 12.3. The number of pyridine rings is 1. The Bertz CT molecular complexity index is 1450. The fraction of sp³-hybridized carbons (Fsp3) is 0.333. The van der Waals surface area contributed by atoms with Gasteiger partial charge in [0.25, 0.3) is 0 Å². The smallest absolute Gasteiger partial charge is 0.406 e. The van der Waals surface area contributed by atoms with E-state index in [1.807, 2.05) is 13.8 Å². The molecule has 2 heterocycles. The first kappa shape index (κ1) is 29.2. The molecule has 0 spiro atoms. The topological polar surface area (TPSA) is 78.2 Å². The number of nitriles is 1. The Kier molecular flexibility index (Phi) is 8.03. The standard InChI is InChI=1S/C25H18F6N4O2S.C2H6/c26-24(27,28)21-9-2-15-13-35(38(36)18-6-4-17(5-7-18)37-25(29,30)31)20-12-16(23(14-32)10-1-11-23)3-8-19(20)33-22(15)34-21;1-2/h2-9,12H,1,10-11,13H2,(H,33,34);1-2H3. The van der Waals surface area contributed by atoms with Crippen molar-refractivity contribution in [2.75, 3.05) is 9.62 Å². The molecule has 5 rings (SSSR count). The molecule has 1 N–H and O–H groups in total. The molecule has 2 aromatic carbocycles. The lowest BCUT2D eigenvalue weighted by Crippen LogP contribution is -2.33. The average Bonchev–Trinajstić information content (AvgIpc) is 3.04. The number of alkyl halides is 6. The summed E-state index contributed by atoms with van der Waals surface area (Å²) in [5, 5.41) is 12.7. The highest BCUT2D eigenvalue weighted by atomic mass is 32.2. The van der Waals surface area contributed by atoms with E-state index in [0.717, 1.165) is 24.6 Å². The average molecular weight is 583 g/mol. The molecule has 1 aromatic heterocycles. The van der Waals surface area contributed by atoms with Gasteiger partial charge in [0.2, 0.25) is 0 Å². The van der Waals surface area contributed by atoms with Crippen molar-refractivity contribution in [1.82, 2.24) is 4.98 Å². The van der Waals surface area contributed by atoms with Gasteiger partial charge in [-0.3, -0.25) is 4.31 Å². The molecule has 1 atom stereocenters. The predicted octanol–water partition coefficient (Wildman–Crippen LogP) is 7.76. The van der Waals surface area contributed by atoms with E-state index in [1.165, 1.54) is 22.5 Å². The number of ether oxygens (including phenoxy) is 1. The molecule has 1 saturated carbocycles. The number of fused-ring (bicyclic) bond motifs is 2. The second-order valence-electron chi connectivity index (χ2n) is 8.91. The summed E-state index contributed by atoms with van der Waals surface area (Å²) in [7, 11) is -2.00. The van der Waals surface area contributed by atoms with Gasteiger partial charge in [-0.25, -0.2) is 9.19 Å². The van der Waals surface area contributed by atoms with Crippen molar-refractivity contribution in [3.05, 3.63) is 71.4 Å². The molecule has 1 aliphatic carbocycles. The summed E-state index contributed by atoms with van der Waals surface area (Å²) in [6.07, 6.45) is -7.44. The minimum absolute atomic E-state index is 0.0686. The Labute approximate surface area is 229 Å². The van der Waals surface area contributed by atoms with E-state index < -0.39 is 40.4 Å². The van der Waals surface area contributed by atoms with Crippen LogP contribution in [0.2, 0.25) is 0 Å². The van der Waals surface area contributed by atoms with Gasteiger partial charge in [-0.1, -0.05) is 26.0 Å². The number of rotatable bonds is 4. The molecule has 13 heteroatoms. The van der Waals surface area contributed by atoms with E-state index in [-0.39, 0.29) is 17.3 Å². The van der Waals surface area contributed by atoms with E-state index in [1.54, 1.807) is 18.2 Å². The zero-order chi connectivity index (χ0) is 29.3. The molecule has 1 unspecified atom stereocenters. The molecule has 3 aromatic rings. The van der Waals surface area contributed by atoms with Crippen molar-refractivity contribution in [3.63, 3.8) is 0 Å². The van der Waals surface area contributed by atoms with E-state index in [0.29, 0.717) is 35.3 Å². The van der Waals surface area contributed by atoms with Crippen LogP contribution in [0.15, 0.2) is 59.5 Å². The van der Waals surface area contributed by atoms with Gasteiger partial charge in [0, 0.05) is 5.56 Å². The quantitative estimate of drug-likeness (QED) is 0.318. The minimum Gasteiger partial charge on any atom is -0.406 e. The minimum atomic E-state index is -4.89. The number of halogens is 6. The van der Waals surface area contributed by atoms with Gasteiger partial charge in [-0.2, -0.15) is 18.4 Å². The Balaban J connectivity index is 0.00000181. The third-order valence-corrected chi connectivity index (χ3v) is 7.94. The van der Waals surface area contributed by atoms with Crippen LogP contribution in [0.3, 0.4) is 0 Å². The fourth-order valence-corrected chi connectivity index (χ4v) is 5.63. The Morgan fingerprint density at radius 1 is 1.02 bits per heavy atom. The van der Waals surface area contributed by atoms with Crippen molar-refractivity contribution < 1.29 is 35.3 Å². The van der Waals surface area contributed by atoms with E-state index in [4.69, 9.17) is 0 Å². The second-order valence-corrected chi connectivity index (χ2v) is 10.3. The van der Waals surface area contributed by atoms with Crippen molar-refractivity contribution in [2.24, 2.45) is 0 Å². The zero-order valence-electron chi connectivity index (χ0n) is 21.4. The summed E-state index contributed by atoms with van der Waals surface area (Å²) in [5.41, 5.74) is -0.159. The molecule has 0 amide bonds. The molecule has 2 aliphatic rings.